The van der Waals surface area contributed by atoms with Crippen LogP contribution in [-0.2, 0) is 0 Å². The van der Waals surface area contributed by atoms with Crippen LogP contribution in [0, 0.1) is 5.92 Å². The summed E-state index contributed by atoms with van der Waals surface area (Å²) in [5.74, 6) is 0.730. The Balaban J connectivity index is 1.73. The first-order chi connectivity index (χ1) is 7.55. The summed E-state index contributed by atoms with van der Waals surface area (Å²) < 4.78 is 37.1. The molecule has 0 radical (unpaired) electrons. The summed E-state index contributed by atoms with van der Waals surface area (Å²) in [6.45, 7) is 4.06. The molecule has 0 atom stereocenters. The van der Waals surface area contributed by atoms with Crippen molar-refractivity contribution in [2.24, 2.45) is 5.92 Å². The van der Waals surface area contributed by atoms with Crippen molar-refractivity contribution < 1.29 is 13.2 Å². The van der Waals surface area contributed by atoms with Crippen molar-refractivity contribution in [3.05, 3.63) is 11.6 Å². The second-order valence-corrected chi connectivity index (χ2v) is 4.59. The zero-order valence-electron chi connectivity index (χ0n) is 9.19. The SMILES string of the molecule is FC(F)(F)C1=CCN(CCC2CNC2)CC1. The number of alkyl halides is 3. The molecule has 2 aliphatic rings. The Kier molecular flexibility index (Phi) is 3.54. The highest BCUT2D eigenvalue weighted by Crippen LogP contribution is 2.30. The lowest BCUT2D eigenvalue weighted by atomic mass is 9.98. The lowest BCUT2D eigenvalue weighted by molar-refractivity contribution is -0.0960. The smallest absolute Gasteiger partial charge is 0.316 e. The summed E-state index contributed by atoms with van der Waals surface area (Å²) in [5.41, 5.74) is -0.353. The number of hydrogen-bond donors (Lipinski definition) is 1. The van der Waals surface area contributed by atoms with Gasteiger partial charge >= 0.3 is 6.18 Å². The summed E-state index contributed by atoms with van der Waals surface area (Å²) in [6.07, 6.45) is -1.54. The largest absolute Gasteiger partial charge is 0.412 e. The van der Waals surface area contributed by atoms with Crippen LogP contribution in [0.15, 0.2) is 11.6 Å². The average Bonchev–Trinajstić information content (AvgIpc) is 2.15. The van der Waals surface area contributed by atoms with Crippen LogP contribution < -0.4 is 5.32 Å². The first-order valence-corrected chi connectivity index (χ1v) is 5.75. The zero-order chi connectivity index (χ0) is 11.6. The standard InChI is InChI=1S/C11H17F3N2/c12-11(13,14)10-2-5-16(6-3-10)4-1-9-7-15-8-9/h2,9,15H,1,3-8H2. The van der Waals surface area contributed by atoms with Gasteiger partial charge in [-0.3, -0.25) is 4.90 Å². The minimum absolute atomic E-state index is 0.145. The molecule has 0 spiro atoms. The Labute approximate surface area is 93.5 Å². The van der Waals surface area contributed by atoms with E-state index in [4.69, 9.17) is 0 Å². The van der Waals surface area contributed by atoms with Crippen LogP contribution in [0.4, 0.5) is 13.2 Å². The number of hydrogen-bond acceptors (Lipinski definition) is 2. The van der Waals surface area contributed by atoms with E-state index in [1.807, 2.05) is 0 Å². The van der Waals surface area contributed by atoms with Crippen molar-refractivity contribution >= 4 is 0 Å². The predicted molar refractivity (Wildman–Crippen MR) is 56.2 cm³/mol. The molecule has 92 valence electrons. The van der Waals surface area contributed by atoms with Gasteiger partial charge in [0.2, 0.25) is 0 Å². The van der Waals surface area contributed by atoms with Gasteiger partial charge in [-0.25, -0.2) is 0 Å². The van der Waals surface area contributed by atoms with Crippen LogP contribution in [0.1, 0.15) is 12.8 Å². The third-order valence-electron chi connectivity index (χ3n) is 3.38. The molecular formula is C11H17F3N2. The third-order valence-corrected chi connectivity index (χ3v) is 3.38. The monoisotopic (exact) mass is 234 g/mol. The fourth-order valence-electron chi connectivity index (χ4n) is 2.09. The Morgan fingerprint density at radius 3 is 2.56 bits per heavy atom. The Morgan fingerprint density at radius 2 is 2.12 bits per heavy atom. The summed E-state index contributed by atoms with van der Waals surface area (Å²) >= 11 is 0. The molecule has 0 aromatic heterocycles. The second-order valence-electron chi connectivity index (χ2n) is 4.59. The maximum absolute atomic E-state index is 12.4. The lowest BCUT2D eigenvalue weighted by Gasteiger charge is -2.32. The van der Waals surface area contributed by atoms with Crippen LogP contribution in [0.2, 0.25) is 0 Å². The third kappa shape index (κ3) is 2.98. The second kappa shape index (κ2) is 4.75. The molecule has 5 heteroatoms. The molecule has 2 aliphatic heterocycles. The minimum Gasteiger partial charge on any atom is -0.316 e. The van der Waals surface area contributed by atoms with Gasteiger partial charge in [0.15, 0.2) is 0 Å². The number of nitrogens with one attached hydrogen (secondary N) is 1. The van der Waals surface area contributed by atoms with Crippen molar-refractivity contribution in [1.29, 1.82) is 0 Å². The molecule has 2 nitrogen and oxygen atoms in total. The fourth-order valence-corrected chi connectivity index (χ4v) is 2.09. The molecule has 0 unspecified atom stereocenters. The average molecular weight is 234 g/mol. The van der Waals surface area contributed by atoms with Crippen molar-refractivity contribution in [2.75, 3.05) is 32.7 Å². The van der Waals surface area contributed by atoms with Crippen LogP contribution >= 0.6 is 0 Å². The lowest BCUT2D eigenvalue weighted by Crippen LogP contribution is -2.44. The first-order valence-electron chi connectivity index (χ1n) is 5.75. The van der Waals surface area contributed by atoms with Crippen LogP contribution in [-0.4, -0.2) is 43.8 Å². The van der Waals surface area contributed by atoms with E-state index in [0.717, 1.165) is 32.0 Å². The van der Waals surface area contributed by atoms with Gasteiger partial charge in [0.1, 0.15) is 0 Å². The maximum Gasteiger partial charge on any atom is 0.412 e. The number of rotatable bonds is 3. The van der Waals surface area contributed by atoms with E-state index in [1.54, 1.807) is 0 Å². The molecule has 0 amide bonds. The highest BCUT2D eigenvalue weighted by Gasteiger charge is 2.34. The molecule has 1 fully saturated rings. The van der Waals surface area contributed by atoms with Gasteiger partial charge < -0.3 is 5.32 Å². The van der Waals surface area contributed by atoms with E-state index < -0.39 is 6.18 Å². The molecule has 0 aliphatic carbocycles. The predicted octanol–water partition coefficient (Wildman–Crippen LogP) is 1.79. The van der Waals surface area contributed by atoms with Gasteiger partial charge in [0, 0.05) is 18.7 Å². The summed E-state index contributed by atoms with van der Waals surface area (Å²) in [4.78, 5) is 2.10. The van der Waals surface area contributed by atoms with E-state index in [9.17, 15) is 13.2 Å². The topological polar surface area (TPSA) is 15.3 Å². The quantitative estimate of drug-likeness (QED) is 0.749. The molecule has 2 heterocycles. The normalized spacial score (nSPS) is 24.1. The molecule has 0 aromatic carbocycles. The van der Waals surface area contributed by atoms with E-state index in [2.05, 4.69) is 10.2 Å². The van der Waals surface area contributed by atoms with Crippen molar-refractivity contribution in [1.82, 2.24) is 10.2 Å². The summed E-state index contributed by atoms with van der Waals surface area (Å²) in [6, 6.07) is 0. The zero-order valence-corrected chi connectivity index (χ0v) is 9.19. The molecule has 0 aromatic rings. The van der Waals surface area contributed by atoms with Crippen LogP contribution in [0.5, 0.6) is 0 Å². The van der Waals surface area contributed by atoms with Crippen molar-refractivity contribution in [2.45, 2.75) is 19.0 Å². The van der Waals surface area contributed by atoms with Gasteiger partial charge in [-0.05, 0) is 38.4 Å². The molecular weight excluding hydrogens is 217 g/mol. The first kappa shape index (κ1) is 11.9. The van der Waals surface area contributed by atoms with Gasteiger partial charge in [-0.15, -0.1) is 0 Å². The van der Waals surface area contributed by atoms with Crippen molar-refractivity contribution in [3.8, 4) is 0 Å². The highest BCUT2D eigenvalue weighted by atomic mass is 19.4. The van der Waals surface area contributed by atoms with Gasteiger partial charge in [0.25, 0.3) is 0 Å². The van der Waals surface area contributed by atoms with E-state index in [-0.39, 0.29) is 12.0 Å². The minimum atomic E-state index is -4.12. The summed E-state index contributed by atoms with van der Waals surface area (Å²) in [7, 11) is 0. The van der Waals surface area contributed by atoms with Crippen LogP contribution in [0.3, 0.4) is 0 Å². The van der Waals surface area contributed by atoms with E-state index in [0.29, 0.717) is 13.1 Å². The number of nitrogens with zero attached hydrogens (tertiary/aromatic N) is 1. The van der Waals surface area contributed by atoms with Crippen molar-refractivity contribution in [3.63, 3.8) is 0 Å². The molecule has 0 saturated carbocycles. The van der Waals surface area contributed by atoms with E-state index >= 15 is 0 Å². The van der Waals surface area contributed by atoms with Gasteiger partial charge in [-0.1, -0.05) is 6.08 Å². The highest BCUT2D eigenvalue weighted by molar-refractivity contribution is 5.12. The van der Waals surface area contributed by atoms with E-state index in [1.165, 1.54) is 6.08 Å². The molecule has 2 rings (SSSR count). The van der Waals surface area contributed by atoms with Crippen LogP contribution in [0.25, 0.3) is 0 Å². The van der Waals surface area contributed by atoms with Gasteiger partial charge in [-0.2, -0.15) is 13.2 Å². The Bertz CT molecular complexity index is 269. The fraction of sp³-hybridized carbons (Fsp3) is 0.818. The maximum atomic E-state index is 12.4. The molecule has 1 N–H and O–H groups in total. The molecule has 0 bridgehead atoms. The number of halogens is 3. The molecule has 1 saturated heterocycles. The summed E-state index contributed by atoms with van der Waals surface area (Å²) in [5, 5.41) is 3.20. The Hall–Kier alpha value is -0.550. The van der Waals surface area contributed by atoms with Gasteiger partial charge in [0.05, 0.1) is 0 Å². The molecule has 16 heavy (non-hydrogen) atoms. The Morgan fingerprint density at radius 1 is 1.38 bits per heavy atom.